The molecule has 0 aromatic carbocycles. The van der Waals surface area contributed by atoms with Gasteiger partial charge in [0.1, 0.15) is 0 Å². The second-order valence-corrected chi connectivity index (χ2v) is 1.50. The van der Waals surface area contributed by atoms with Crippen molar-refractivity contribution < 1.29 is 0 Å². The van der Waals surface area contributed by atoms with E-state index in [0.29, 0.717) is 0 Å². The zero-order valence-corrected chi connectivity index (χ0v) is 4.97. The minimum absolute atomic E-state index is 1.65. The lowest BCUT2D eigenvalue weighted by Gasteiger charge is -2.21. The molecule has 0 spiro atoms. The first-order chi connectivity index (χ1) is 3.18. The molecule has 0 unspecified atom stereocenters. The van der Waals surface area contributed by atoms with Crippen molar-refractivity contribution >= 4 is 0 Å². The summed E-state index contributed by atoms with van der Waals surface area (Å²) in [7, 11) is 5.60. The number of hydrazine groups is 3. The Bertz CT molecular complexity index is 44.2. The molecule has 0 saturated heterocycles. The quantitative estimate of drug-likeness (QED) is 0.340. The molecule has 4 heteroatoms. The number of nitrogens with two attached hydrogens (primary N) is 1. The molecule has 0 rings (SSSR count). The third kappa shape index (κ3) is 2.52. The van der Waals surface area contributed by atoms with Crippen molar-refractivity contribution in [1.82, 2.24) is 15.7 Å². The topological polar surface area (TPSA) is 44.5 Å². The number of nitrogens with one attached hydrogen (secondary N) is 1. The third-order valence-electron chi connectivity index (χ3n) is 0.787. The molecule has 0 aliphatic heterocycles. The molecular weight excluding hydrogens is 92.1 g/mol. The first kappa shape index (κ1) is 6.84. The molecule has 0 bridgehead atoms. The van der Waals surface area contributed by atoms with E-state index in [4.69, 9.17) is 5.84 Å². The molecule has 4 nitrogen and oxygen atoms in total. The van der Waals surface area contributed by atoms with Crippen molar-refractivity contribution in [2.45, 2.75) is 0 Å². The first-order valence-corrected chi connectivity index (χ1v) is 2.05. The molecule has 0 saturated carbocycles. The van der Waals surface area contributed by atoms with Gasteiger partial charge < -0.3 is 0 Å². The second kappa shape index (κ2) is 2.92. The highest BCUT2D eigenvalue weighted by atomic mass is 15.8. The summed E-state index contributed by atoms with van der Waals surface area (Å²) in [6, 6.07) is 0. The average Bonchev–Trinajstić information content (AvgIpc) is 1.65. The molecule has 0 atom stereocenters. The molecule has 3 N–H and O–H groups in total. The van der Waals surface area contributed by atoms with Crippen LogP contribution >= 0.6 is 0 Å². The van der Waals surface area contributed by atoms with Gasteiger partial charge in [-0.2, -0.15) is 10.7 Å². The highest BCUT2D eigenvalue weighted by Crippen LogP contribution is 1.71. The predicted molar refractivity (Wildman–Crippen MR) is 28.8 cm³/mol. The van der Waals surface area contributed by atoms with E-state index in [1.807, 2.05) is 26.2 Å². The second-order valence-electron chi connectivity index (χ2n) is 1.50. The number of rotatable bonds is 2. The van der Waals surface area contributed by atoms with Crippen LogP contribution in [-0.4, -0.2) is 31.3 Å². The molecule has 0 aliphatic rings. The zero-order chi connectivity index (χ0) is 5.86. The van der Waals surface area contributed by atoms with Gasteiger partial charge in [0.15, 0.2) is 0 Å². The van der Waals surface area contributed by atoms with Crippen molar-refractivity contribution in [3.8, 4) is 0 Å². The Kier molecular flexibility index (Phi) is 2.86. The van der Waals surface area contributed by atoms with E-state index < -0.39 is 0 Å². The monoisotopic (exact) mass is 104 g/mol. The standard InChI is InChI=1S/C3H12N4/c1-6(2)7(3)5-4/h5H,4H2,1-3H3. The van der Waals surface area contributed by atoms with Crippen LogP contribution in [0, 0.1) is 0 Å². The summed E-state index contributed by atoms with van der Waals surface area (Å²) >= 11 is 0. The fourth-order valence-electron chi connectivity index (χ4n) is 0.115. The van der Waals surface area contributed by atoms with E-state index in [0.717, 1.165) is 0 Å². The van der Waals surface area contributed by atoms with Gasteiger partial charge in [-0.05, 0) is 0 Å². The first-order valence-electron chi connectivity index (χ1n) is 2.05. The Labute approximate surface area is 43.8 Å². The van der Waals surface area contributed by atoms with E-state index >= 15 is 0 Å². The summed E-state index contributed by atoms with van der Waals surface area (Å²) in [6.45, 7) is 0. The minimum atomic E-state index is 1.65. The summed E-state index contributed by atoms with van der Waals surface area (Å²) in [5.74, 6) is 5.01. The highest BCUT2D eigenvalue weighted by Gasteiger charge is 1.91. The van der Waals surface area contributed by atoms with Crippen molar-refractivity contribution in [3.63, 3.8) is 0 Å². The Morgan fingerprint density at radius 1 is 1.29 bits per heavy atom. The fraction of sp³-hybridized carbons (Fsp3) is 1.00. The minimum Gasteiger partial charge on any atom is -0.256 e. The summed E-state index contributed by atoms with van der Waals surface area (Å²) in [5, 5.41) is 3.47. The number of nitrogens with zero attached hydrogens (tertiary/aromatic N) is 2. The molecule has 0 fully saturated rings. The lowest BCUT2D eigenvalue weighted by molar-refractivity contribution is 0.000694. The van der Waals surface area contributed by atoms with Crippen LogP contribution in [0.25, 0.3) is 0 Å². The maximum atomic E-state index is 5.01. The average molecular weight is 104 g/mol. The van der Waals surface area contributed by atoms with Gasteiger partial charge in [0.2, 0.25) is 0 Å². The summed E-state index contributed by atoms with van der Waals surface area (Å²) in [4.78, 5) is 0. The van der Waals surface area contributed by atoms with Gasteiger partial charge in [0.05, 0.1) is 0 Å². The Balaban J connectivity index is 3.14. The highest BCUT2D eigenvalue weighted by molar-refractivity contribution is 4.21. The van der Waals surface area contributed by atoms with Gasteiger partial charge in [-0.3, -0.25) is 5.84 Å². The normalized spacial score (nSPS) is 11.1. The summed E-state index contributed by atoms with van der Waals surface area (Å²) in [5.41, 5.74) is 2.42. The predicted octanol–water partition coefficient (Wildman–Crippen LogP) is -1.23. The van der Waals surface area contributed by atoms with E-state index in [1.165, 1.54) is 0 Å². The van der Waals surface area contributed by atoms with Crippen LogP contribution in [0.15, 0.2) is 0 Å². The Morgan fingerprint density at radius 3 is 1.71 bits per heavy atom. The lowest BCUT2D eigenvalue weighted by atomic mass is 11.1. The SMILES string of the molecule is CN(C)N(C)NN. The Hall–Kier alpha value is -0.160. The van der Waals surface area contributed by atoms with Gasteiger partial charge in [0, 0.05) is 21.1 Å². The summed E-state index contributed by atoms with van der Waals surface area (Å²) < 4.78 is 0. The molecule has 0 aromatic heterocycles. The van der Waals surface area contributed by atoms with Crippen LogP contribution in [0.4, 0.5) is 0 Å². The third-order valence-corrected chi connectivity index (χ3v) is 0.787. The van der Waals surface area contributed by atoms with Crippen LogP contribution in [-0.2, 0) is 0 Å². The van der Waals surface area contributed by atoms with Crippen LogP contribution < -0.4 is 11.4 Å². The van der Waals surface area contributed by atoms with Crippen molar-refractivity contribution in [2.75, 3.05) is 21.1 Å². The Morgan fingerprint density at radius 2 is 1.71 bits per heavy atom. The van der Waals surface area contributed by atoms with Crippen molar-refractivity contribution in [3.05, 3.63) is 0 Å². The molecule has 0 aromatic rings. The van der Waals surface area contributed by atoms with Gasteiger partial charge in [-0.1, -0.05) is 0 Å². The zero-order valence-electron chi connectivity index (χ0n) is 4.97. The fourth-order valence-corrected chi connectivity index (χ4v) is 0.115. The van der Waals surface area contributed by atoms with E-state index in [1.54, 1.807) is 5.12 Å². The van der Waals surface area contributed by atoms with E-state index in [2.05, 4.69) is 5.53 Å². The molecule has 7 heavy (non-hydrogen) atoms. The molecule has 44 valence electrons. The maximum Gasteiger partial charge on any atom is 0.0190 e. The van der Waals surface area contributed by atoms with Crippen LogP contribution in [0.3, 0.4) is 0 Å². The van der Waals surface area contributed by atoms with Crippen LogP contribution in [0.1, 0.15) is 0 Å². The van der Waals surface area contributed by atoms with Crippen LogP contribution in [0.2, 0.25) is 0 Å². The van der Waals surface area contributed by atoms with Gasteiger partial charge in [0.25, 0.3) is 0 Å². The summed E-state index contributed by atoms with van der Waals surface area (Å²) in [6.07, 6.45) is 0. The van der Waals surface area contributed by atoms with Gasteiger partial charge >= 0.3 is 0 Å². The van der Waals surface area contributed by atoms with Crippen molar-refractivity contribution in [2.24, 2.45) is 5.84 Å². The molecular formula is C3H12N4. The molecule has 0 heterocycles. The van der Waals surface area contributed by atoms with E-state index in [-0.39, 0.29) is 0 Å². The lowest BCUT2D eigenvalue weighted by Crippen LogP contribution is -2.47. The van der Waals surface area contributed by atoms with Crippen LogP contribution in [0.5, 0.6) is 0 Å². The number of hydrogen-bond donors (Lipinski definition) is 2. The smallest absolute Gasteiger partial charge is 0.0190 e. The van der Waals surface area contributed by atoms with Gasteiger partial charge in [-0.15, -0.1) is 0 Å². The molecule has 0 aliphatic carbocycles. The maximum absolute atomic E-state index is 5.01. The molecule has 0 radical (unpaired) electrons. The largest absolute Gasteiger partial charge is 0.256 e. The van der Waals surface area contributed by atoms with Crippen molar-refractivity contribution in [1.29, 1.82) is 0 Å². The molecule has 0 amide bonds. The van der Waals surface area contributed by atoms with E-state index in [9.17, 15) is 0 Å². The number of hydrogen-bond acceptors (Lipinski definition) is 4. The van der Waals surface area contributed by atoms with Gasteiger partial charge in [-0.25, -0.2) is 5.01 Å².